The number of alkyl halides is 1. The van der Waals surface area contributed by atoms with Crippen molar-refractivity contribution in [2.45, 2.75) is 62.0 Å². The Morgan fingerprint density at radius 2 is 2.05 bits per heavy atom. The number of ether oxygens (including phenoxy) is 2. The van der Waals surface area contributed by atoms with Crippen LogP contribution in [0, 0.1) is 0 Å². The lowest BCUT2D eigenvalue weighted by Crippen LogP contribution is -2.45. The first-order valence-corrected chi connectivity index (χ1v) is 9.77. The third-order valence-electron chi connectivity index (χ3n) is 4.67. The third-order valence-corrected chi connectivity index (χ3v) is 5.77. The summed E-state index contributed by atoms with van der Waals surface area (Å²) in [5.74, 6) is 1.01. The summed E-state index contributed by atoms with van der Waals surface area (Å²) in [6, 6.07) is 6.25. The maximum absolute atomic E-state index is 6.33. The molecule has 1 aromatic carbocycles. The maximum Gasteiger partial charge on any atom is 0.123 e. The first-order valence-electron chi connectivity index (χ1n) is 7.86. The Labute approximate surface area is 143 Å². The highest BCUT2D eigenvalue weighted by Crippen LogP contribution is 2.40. The van der Waals surface area contributed by atoms with E-state index in [1.165, 1.54) is 37.7 Å². The Hall–Kier alpha value is -0.0600. The van der Waals surface area contributed by atoms with Crippen molar-refractivity contribution in [1.82, 2.24) is 0 Å². The molecule has 1 spiro atoms. The van der Waals surface area contributed by atoms with Gasteiger partial charge in [-0.3, -0.25) is 0 Å². The minimum Gasteiger partial charge on any atom is -0.490 e. The lowest BCUT2D eigenvalue weighted by atomic mass is 9.79. The molecule has 4 heteroatoms. The molecule has 2 fully saturated rings. The maximum atomic E-state index is 6.33. The summed E-state index contributed by atoms with van der Waals surface area (Å²) in [5.41, 5.74) is 1.30. The van der Waals surface area contributed by atoms with Gasteiger partial charge in [-0.15, -0.1) is 0 Å². The lowest BCUT2D eigenvalue weighted by Gasteiger charge is -2.43. The lowest BCUT2D eigenvalue weighted by molar-refractivity contribution is -0.129. The zero-order valence-electron chi connectivity index (χ0n) is 12.2. The van der Waals surface area contributed by atoms with E-state index in [1.54, 1.807) is 0 Å². The van der Waals surface area contributed by atoms with Crippen molar-refractivity contribution < 1.29 is 9.47 Å². The van der Waals surface area contributed by atoms with Gasteiger partial charge in [0.25, 0.3) is 0 Å². The number of benzene rings is 1. The molecule has 2 aliphatic rings. The summed E-state index contributed by atoms with van der Waals surface area (Å²) >= 11 is 7.08. The van der Waals surface area contributed by atoms with Crippen LogP contribution in [0.25, 0.3) is 0 Å². The molecule has 0 aromatic heterocycles. The molecule has 1 aliphatic heterocycles. The van der Waals surface area contributed by atoms with E-state index in [0.29, 0.717) is 0 Å². The van der Waals surface area contributed by atoms with Crippen LogP contribution in [0.15, 0.2) is 22.7 Å². The van der Waals surface area contributed by atoms with Gasteiger partial charge in [-0.2, -0.15) is 0 Å². The second-order valence-electron chi connectivity index (χ2n) is 6.21. The molecule has 0 N–H and O–H groups in total. The number of hydrogen-bond acceptors (Lipinski definition) is 2. The molecule has 0 bridgehead atoms. The number of hydrogen-bond donors (Lipinski definition) is 0. The Morgan fingerprint density at radius 3 is 2.81 bits per heavy atom. The quantitative estimate of drug-likeness (QED) is 0.595. The van der Waals surface area contributed by atoms with Gasteiger partial charge in [-0.05, 0) is 31.0 Å². The highest BCUT2D eigenvalue weighted by molar-refractivity contribution is 9.10. The molecule has 0 amide bonds. The van der Waals surface area contributed by atoms with Crippen LogP contribution in [0.4, 0.5) is 0 Å². The summed E-state index contributed by atoms with van der Waals surface area (Å²) < 4.78 is 13.6. The molecule has 21 heavy (non-hydrogen) atoms. The zero-order chi connectivity index (χ0) is 14.7. The van der Waals surface area contributed by atoms with Gasteiger partial charge in [0, 0.05) is 28.2 Å². The van der Waals surface area contributed by atoms with Gasteiger partial charge in [-0.1, -0.05) is 51.1 Å². The Balaban J connectivity index is 1.70. The van der Waals surface area contributed by atoms with Crippen LogP contribution in [0.1, 0.15) is 50.5 Å². The topological polar surface area (TPSA) is 18.5 Å². The van der Waals surface area contributed by atoms with Gasteiger partial charge in [0.2, 0.25) is 0 Å². The van der Waals surface area contributed by atoms with Crippen molar-refractivity contribution in [3.05, 3.63) is 28.2 Å². The number of rotatable bonds is 3. The molecule has 1 heterocycles. The van der Waals surface area contributed by atoms with E-state index >= 15 is 0 Å². The van der Waals surface area contributed by atoms with Crippen molar-refractivity contribution >= 4 is 31.9 Å². The molecule has 1 saturated carbocycles. The largest absolute Gasteiger partial charge is 0.490 e. The predicted octanol–water partition coefficient (Wildman–Crippen LogP) is 5.60. The molecule has 1 unspecified atom stereocenters. The van der Waals surface area contributed by atoms with E-state index in [0.717, 1.165) is 35.0 Å². The van der Waals surface area contributed by atoms with Crippen LogP contribution >= 0.6 is 31.9 Å². The molecule has 1 aliphatic carbocycles. The fourth-order valence-corrected chi connectivity index (χ4v) is 4.42. The average molecular weight is 418 g/mol. The predicted molar refractivity (Wildman–Crippen MR) is 92.2 cm³/mol. The molecule has 0 radical (unpaired) electrons. The highest BCUT2D eigenvalue weighted by Gasteiger charge is 2.39. The summed E-state index contributed by atoms with van der Waals surface area (Å²) in [4.78, 5) is 0. The van der Waals surface area contributed by atoms with E-state index < -0.39 is 0 Å². The second-order valence-corrected chi connectivity index (χ2v) is 7.69. The second kappa shape index (κ2) is 7.01. The molecule has 3 rings (SSSR count). The Bertz CT molecular complexity index is 478. The molecule has 1 atom stereocenters. The summed E-state index contributed by atoms with van der Waals surface area (Å²) in [7, 11) is 0. The van der Waals surface area contributed by atoms with Crippen LogP contribution in [-0.2, 0) is 10.1 Å². The zero-order valence-corrected chi connectivity index (χ0v) is 15.4. The van der Waals surface area contributed by atoms with Gasteiger partial charge < -0.3 is 9.47 Å². The molecule has 116 valence electrons. The van der Waals surface area contributed by atoms with Crippen LogP contribution in [0.3, 0.4) is 0 Å². The van der Waals surface area contributed by atoms with Gasteiger partial charge in [0.05, 0.1) is 12.2 Å². The van der Waals surface area contributed by atoms with Crippen molar-refractivity contribution in [2.24, 2.45) is 0 Å². The molecular formula is C17H22Br2O2. The summed E-state index contributed by atoms with van der Waals surface area (Å²) in [6.45, 7) is 0.838. The van der Waals surface area contributed by atoms with Crippen LogP contribution in [0.5, 0.6) is 5.75 Å². The highest BCUT2D eigenvalue weighted by atomic mass is 79.9. The fourth-order valence-electron chi connectivity index (χ4n) is 3.57. The van der Waals surface area contributed by atoms with E-state index in [9.17, 15) is 0 Å². The SMILES string of the molecule is BrCc1cc(Br)ccc1OC1CCOC2(CCCCC2)C1. The molecule has 1 saturated heterocycles. The van der Waals surface area contributed by atoms with E-state index in [2.05, 4.69) is 50.1 Å². The van der Waals surface area contributed by atoms with E-state index in [1.807, 2.05) is 0 Å². The Kier molecular flexibility index (Phi) is 5.28. The fraction of sp³-hybridized carbons (Fsp3) is 0.647. The van der Waals surface area contributed by atoms with Gasteiger partial charge in [-0.25, -0.2) is 0 Å². The van der Waals surface area contributed by atoms with Crippen molar-refractivity contribution in [1.29, 1.82) is 0 Å². The monoisotopic (exact) mass is 416 g/mol. The Morgan fingerprint density at radius 1 is 1.24 bits per heavy atom. The van der Waals surface area contributed by atoms with Gasteiger partial charge in [0.1, 0.15) is 11.9 Å². The molecule has 2 nitrogen and oxygen atoms in total. The van der Waals surface area contributed by atoms with Crippen molar-refractivity contribution in [3.63, 3.8) is 0 Å². The van der Waals surface area contributed by atoms with E-state index in [-0.39, 0.29) is 11.7 Å². The smallest absolute Gasteiger partial charge is 0.123 e. The van der Waals surface area contributed by atoms with Crippen molar-refractivity contribution in [3.8, 4) is 5.75 Å². The average Bonchev–Trinajstić information content (AvgIpc) is 2.50. The molecular weight excluding hydrogens is 396 g/mol. The van der Waals surface area contributed by atoms with E-state index in [4.69, 9.17) is 9.47 Å². The summed E-state index contributed by atoms with van der Waals surface area (Å²) in [6.07, 6.45) is 8.71. The van der Waals surface area contributed by atoms with Crippen LogP contribution in [-0.4, -0.2) is 18.3 Å². The standard InChI is InChI=1S/C17H22Br2O2/c18-12-13-10-14(19)4-5-16(13)21-15-6-9-20-17(11-15)7-2-1-3-8-17/h4-5,10,15H,1-3,6-9,11-12H2. The molecule has 1 aromatic rings. The number of halogens is 2. The normalized spacial score (nSPS) is 25.0. The summed E-state index contributed by atoms with van der Waals surface area (Å²) in [5, 5.41) is 0.816. The third kappa shape index (κ3) is 3.83. The van der Waals surface area contributed by atoms with Gasteiger partial charge in [0.15, 0.2) is 0 Å². The van der Waals surface area contributed by atoms with Gasteiger partial charge >= 0.3 is 0 Å². The van der Waals surface area contributed by atoms with Crippen LogP contribution in [0.2, 0.25) is 0 Å². The van der Waals surface area contributed by atoms with Crippen molar-refractivity contribution in [2.75, 3.05) is 6.61 Å². The van der Waals surface area contributed by atoms with Crippen LogP contribution < -0.4 is 4.74 Å². The minimum atomic E-state index is 0.102. The minimum absolute atomic E-state index is 0.102. The first-order chi connectivity index (χ1) is 10.2. The first kappa shape index (κ1) is 15.8.